The zero-order valence-corrected chi connectivity index (χ0v) is 10.4. The smallest absolute Gasteiger partial charge is 0.326 e. The van der Waals surface area contributed by atoms with Crippen molar-refractivity contribution in [1.82, 2.24) is 5.32 Å². The summed E-state index contributed by atoms with van der Waals surface area (Å²) in [6.45, 7) is 1.93. The molecule has 2 N–H and O–H groups in total. The van der Waals surface area contributed by atoms with Crippen LogP contribution in [0.15, 0.2) is 0 Å². The minimum absolute atomic E-state index is 0.0345. The second kappa shape index (κ2) is 4.67. The Kier molecular flexibility index (Phi) is 3.40. The summed E-state index contributed by atoms with van der Waals surface area (Å²) in [6, 6.07) is -0.702. The van der Waals surface area contributed by atoms with E-state index in [0.29, 0.717) is 6.42 Å². The molecular weight excluding hydrogens is 218 g/mol. The summed E-state index contributed by atoms with van der Waals surface area (Å²) >= 11 is 0. The number of amides is 1. The Bertz CT molecular complexity index is 321. The van der Waals surface area contributed by atoms with E-state index in [1.807, 2.05) is 6.92 Å². The highest BCUT2D eigenvalue weighted by atomic mass is 16.4. The number of carbonyl (C=O) groups excluding carboxylic acids is 1. The van der Waals surface area contributed by atoms with Crippen LogP contribution in [0.2, 0.25) is 0 Å². The van der Waals surface area contributed by atoms with E-state index in [1.165, 1.54) is 12.8 Å². The van der Waals surface area contributed by atoms with E-state index in [0.717, 1.165) is 25.7 Å². The van der Waals surface area contributed by atoms with Gasteiger partial charge >= 0.3 is 5.97 Å². The van der Waals surface area contributed by atoms with E-state index in [2.05, 4.69) is 5.32 Å². The van der Waals surface area contributed by atoms with Gasteiger partial charge in [0.2, 0.25) is 5.91 Å². The molecule has 0 bridgehead atoms. The van der Waals surface area contributed by atoms with Gasteiger partial charge in [-0.2, -0.15) is 0 Å². The van der Waals surface area contributed by atoms with E-state index >= 15 is 0 Å². The van der Waals surface area contributed by atoms with Gasteiger partial charge in [-0.05, 0) is 31.1 Å². The largest absolute Gasteiger partial charge is 0.480 e. The van der Waals surface area contributed by atoms with E-state index < -0.39 is 12.0 Å². The molecule has 2 aliphatic carbocycles. The fourth-order valence-corrected chi connectivity index (χ4v) is 3.17. The molecule has 4 heteroatoms. The molecule has 1 spiro atoms. The molecule has 17 heavy (non-hydrogen) atoms. The van der Waals surface area contributed by atoms with Gasteiger partial charge in [0.25, 0.3) is 0 Å². The van der Waals surface area contributed by atoms with Crippen LogP contribution >= 0.6 is 0 Å². The highest BCUT2D eigenvalue weighted by molar-refractivity contribution is 5.87. The van der Waals surface area contributed by atoms with Crippen molar-refractivity contribution in [3.63, 3.8) is 0 Å². The Morgan fingerprint density at radius 2 is 2.06 bits per heavy atom. The van der Waals surface area contributed by atoms with E-state index in [4.69, 9.17) is 5.11 Å². The molecule has 4 nitrogen and oxygen atoms in total. The third-order valence-corrected chi connectivity index (χ3v) is 4.30. The highest BCUT2D eigenvalue weighted by Gasteiger charge is 2.58. The SMILES string of the molecule is CCCC(NC(=O)C1CC12CCCC2)C(=O)O. The minimum Gasteiger partial charge on any atom is -0.480 e. The lowest BCUT2D eigenvalue weighted by Gasteiger charge is -2.15. The first-order valence-corrected chi connectivity index (χ1v) is 6.62. The van der Waals surface area contributed by atoms with Crippen molar-refractivity contribution in [3.05, 3.63) is 0 Å². The van der Waals surface area contributed by atoms with Crippen molar-refractivity contribution >= 4 is 11.9 Å². The minimum atomic E-state index is -0.915. The zero-order valence-electron chi connectivity index (χ0n) is 10.4. The predicted octanol–water partition coefficient (Wildman–Crippen LogP) is 1.94. The molecule has 0 aromatic carbocycles. The van der Waals surface area contributed by atoms with E-state index in [1.54, 1.807) is 0 Å². The van der Waals surface area contributed by atoms with Gasteiger partial charge in [-0.1, -0.05) is 26.2 Å². The molecule has 0 aliphatic heterocycles. The van der Waals surface area contributed by atoms with Crippen molar-refractivity contribution in [2.24, 2.45) is 11.3 Å². The predicted molar refractivity (Wildman–Crippen MR) is 63.5 cm³/mol. The van der Waals surface area contributed by atoms with Crippen LogP contribution in [0.3, 0.4) is 0 Å². The zero-order chi connectivity index (χ0) is 12.5. The lowest BCUT2D eigenvalue weighted by Crippen LogP contribution is -2.42. The number of carboxylic acid groups (broad SMARTS) is 1. The van der Waals surface area contributed by atoms with Gasteiger partial charge in [0.1, 0.15) is 6.04 Å². The number of carbonyl (C=O) groups is 2. The molecule has 2 unspecified atom stereocenters. The Labute approximate surface area is 102 Å². The lowest BCUT2D eigenvalue weighted by atomic mass is 10.0. The summed E-state index contributed by atoms with van der Waals surface area (Å²) in [7, 11) is 0. The quantitative estimate of drug-likeness (QED) is 0.770. The molecule has 2 aliphatic rings. The molecule has 1 amide bonds. The van der Waals surface area contributed by atoms with Crippen LogP contribution in [0.4, 0.5) is 0 Å². The number of hydrogen-bond acceptors (Lipinski definition) is 2. The maximum absolute atomic E-state index is 12.0. The summed E-state index contributed by atoms with van der Waals surface area (Å²) < 4.78 is 0. The van der Waals surface area contributed by atoms with Crippen LogP contribution in [-0.4, -0.2) is 23.0 Å². The molecule has 96 valence electrons. The normalized spacial score (nSPS) is 26.8. The van der Waals surface area contributed by atoms with Gasteiger partial charge < -0.3 is 10.4 Å². The summed E-state index contributed by atoms with van der Waals surface area (Å²) in [4.78, 5) is 22.9. The summed E-state index contributed by atoms with van der Waals surface area (Å²) in [5.74, 6) is -0.863. The highest BCUT2D eigenvalue weighted by Crippen LogP contribution is 2.62. The molecule has 2 saturated carbocycles. The van der Waals surface area contributed by atoms with E-state index in [-0.39, 0.29) is 17.2 Å². The summed E-state index contributed by atoms with van der Waals surface area (Å²) in [5, 5.41) is 11.7. The average molecular weight is 239 g/mol. The van der Waals surface area contributed by atoms with Crippen LogP contribution in [-0.2, 0) is 9.59 Å². The van der Waals surface area contributed by atoms with Crippen molar-refractivity contribution in [2.45, 2.75) is 57.9 Å². The van der Waals surface area contributed by atoms with Crippen LogP contribution in [0.5, 0.6) is 0 Å². The maximum atomic E-state index is 12.0. The van der Waals surface area contributed by atoms with Crippen molar-refractivity contribution in [1.29, 1.82) is 0 Å². The Morgan fingerprint density at radius 3 is 2.59 bits per heavy atom. The summed E-state index contributed by atoms with van der Waals surface area (Å²) in [6.07, 6.45) is 7.00. The third kappa shape index (κ3) is 2.45. The van der Waals surface area contributed by atoms with Crippen LogP contribution in [0, 0.1) is 11.3 Å². The lowest BCUT2D eigenvalue weighted by molar-refractivity contribution is -0.142. The molecular formula is C13H21NO3. The van der Waals surface area contributed by atoms with Gasteiger partial charge in [0, 0.05) is 5.92 Å². The first-order valence-electron chi connectivity index (χ1n) is 6.62. The molecule has 0 radical (unpaired) electrons. The number of hydrogen-bond donors (Lipinski definition) is 2. The molecule has 2 rings (SSSR count). The fraction of sp³-hybridized carbons (Fsp3) is 0.846. The second-order valence-electron chi connectivity index (χ2n) is 5.51. The molecule has 0 aromatic heterocycles. The molecule has 0 saturated heterocycles. The average Bonchev–Trinajstić information content (AvgIpc) is 2.76. The Balaban J connectivity index is 1.87. The van der Waals surface area contributed by atoms with Crippen molar-refractivity contribution in [3.8, 4) is 0 Å². The first kappa shape index (κ1) is 12.4. The maximum Gasteiger partial charge on any atom is 0.326 e. The monoisotopic (exact) mass is 239 g/mol. The van der Waals surface area contributed by atoms with E-state index in [9.17, 15) is 9.59 Å². The Morgan fingerprint density at radius 1 is 1.41 bits per heavy atom. The molecule has 2 atom stereocenters. The number of aliphatic carboxylic acids is 1. The third-order valence-electron chi connectivity index (χ3n) is 4.30. The van der Waals surface area contributed by atoms with Crippen LogP contribution in [0.25, 0.3) is 0 Å². The first-order chi connectivity index (χ1) is 8.09. The van der Waals surface area contributed by atoms with Gasteiger partial charge in [0.15, 0.2) is 0 Å². The van der Waals surface area contributed by atoms with Gasteiger partial charge in [-0.3, -0.25) is 4.79 Å². The second-order valence-corrected chi connectivity index (χ2v) is 5.51. The number of carboxylic acids is 1. The fourth-order valence-electron chi connectivity index (χ4n) is 3.17. The Hall–Kier alpha value is -1.06. The van der Waals surface area contributed by atoms with Gasteiger partial charge in [-0.15, -0.1) is 0 Å². The number of rotatable bonds is 5. The van der Waals surface area contributed by atoms with Crippen molar-refractivity contribution in [2.75, 3.05) is 0 Å². The molecule has 0 heterocycles. The van der Waals surface area contributed by atoms with Gasteiger partial charge in [0.05, 0.1) is 0 Å². The van der Waals surface area contributed by atoms with Gasteiger partial charge in [-0.25, -0.2) is 4.79 Å². The summed E-state index contributed by atoms with van der Waals surface area (Å²) in [5.41, 5.74) is 0.249. The standard InChI is InChI=1S/C13H21NO3/c1-2-5-10(12(16)17)14-11(15)9-8-13(9)6-3-4-7-13/h9-10H,2-8H2,1H3,(H,14,15)(H,16,17). The number of nitrogens with one attached hydrogen (secondary N) is 1. The van der Waals surface area contributed by atoms with Crippen molar-refractivity contribution < 1.29 is 14.7 Å². The van der Waals surface area contributed by atoms with Crippen LogP contribution < -0.4 is 5.32 Å². The molecule has 2 fully saturated rings. The van der Waals surface area contributed by atoms with Crippen LogP contribution in [0.1, 0.15) is 51.9 Å². The topological polar surface area (TPSA) is 66.4 Å². The molecule has 0 aromatic rings.